The SMILES string of the molecule is Cc1ccc2nc(NC(=O)C(C)NC(=O)C=Cc3ccccc3)sc2c1. The zero-order chi connectivity index (χ0) is 18.5. The summed E-state index contributed by atoms with van der Waals surface area (Å²) in [4.78, 5) is 28.6. The molecule has 5 nitrogen and oxygen atoms in total. The first-order chi connectivity index (χ1) is 12.5. The van der Waals surface area contributed by atoms with Crippen LogP contribution >= 0.6 is 11.3 Å². The summed E-state index contributed by atoms with van der Waals surface area (Å²) in [5.74, 6) is -0.626. The summed E-state index contributed by atoms with van der Waals surface area (Å²) < 4.78 is 1.02. The Kier molecular flexibility index (Phi) is 5.43. The van der Waals surface area contributed by atoms with Gasteiger partial charge in [-0.05, 0) is 43.2 Å². The van der Waals surface area contributed by atoms with E-state index in [0.29, 0.717) is 5.13 Å². The normalized spacial score (nSPS) is 12.2. The van der Waals surface area contributed by atoms with E-state index < -0.39 is 6.04 Å². The summed E-state index contributed by atoms with van der Waals surface area (Å²) >= 11 is 1.41. The molecule has 0 aliphatic heterocycles. The van der Waals surface area contributed by atoms with Crippen LogP contribution in [-0.4, -0.2) is 22.8 Å². The number of fused-ring (bicyclic) bond motifs is 1. The Balaban J connectivity index is 1.58. The number of nitrogens with one attached hydrogen (secondary N) is 2. The van der Waals surface area contributed by atoms with E-state index in [1.54, 1.807) is 13.0 Å². The number of rotatable bonds is 5. The molecule has 0 fully saturated rings. The average molecular weight is 365 g/mol. The van der Waals surface area contributed by atoms with E-state index >= 15 is 0 Å². The van der Waals surface area contributed by atoms with Crippen molar-refractivity contribution in [1.29, 1.82) is 0 Å². The number of aryl methyl sites for hydroxylation is 1. The molecule has 26 heavy (non-hydrogen) atoms. The molecule has 1 heterocycles. The number of benzene rings is 2. The fourth-order valence-corrected chi connectivity index (χ4v) is 3.33. The third-order valence-electron chi connectivity index (χ3n) is 3.75. The van der Waals surface area contributed by atoms with Crippen LogP contribution in [0.5, 0.6) is 0 Å². The number of aromatic nitrogens is 1. The molecule has 1 aromatic heterocycles. The topological polar surface area (TPSA) is 71.1 Å². The van der Waals surface area contributed by atoms with Crippen molar-refractivity contribution < 1.29 is 9.59 Å². The van der Waals surface area contributed by atoms with Crippen LogP contribution in [0.4, 0.5) is 5.13 Å². The molecular formula is C20H19N3O2S. The summed E-state index contributed by atoms with van der Waals surface area (Å²) in [6.45, 7) is 3.65. The van der Waals surface area contributed by atoms with E-state index in [1.165, 1.54) is 17.4 Å². The van der Waals surface area contributed by atoms with E-state index in [0.717, 1.165) is 21.3 Å². The maximum absolute atomic E-state index is 12.3. The van der Waals surface area contributed by atoms with Gasteiger partial charge in [-0.15, -0.1) is 0 Å². The van der Waals surface area contributed by atoms with E-state index in [1.807, 2.05) is 55.5 Å². The molecule has 0 bridgehead atoms. The van der Waals surface area contributed by atoms with Crippen molar-refractivity contribution in [3.8, 4) is 0 Å². The lowest BCUT2D eigenvalue weighted by molar-refractivity contribution is -0.123. The van der Waals surface area contributed by atoms with Gasteiger partial charge in [0.15, 0.2) is 5.13 Å². The fraction of sp³-hybridized carbons (Fsp3) is 0.150. The third-order valence-corrected chi connectivity index (χ3v) is 4.69. The van der Waals surface area contributed by atoms with Crippen LogP contribution in [0.1, 0.15) is 18.1 Å². The van der Waals surface area contributed by atoms with Crippen LogP contribution in [0.15, 0.2) is 54.6 Å². The van der Waals surface area contributed by atoms with E-state index in [4.69, 9.17) is 0 Å². The quantitative estimate of drug-likeness (QED) is 0.676. The molecule has 3 rings (SSSR count). The van der Waals surface area contributed by atoms with E-state index in [-0.39, 0.29) is 11.8 Å². The van der Waals surface area contributed by atoms with Gasteiger partial charge in [-0.25, -0.2) is 4.98 Å². The van der Waals surface area contributed by atoms with Gasteiger partial charge in [0.05, 0.1) is 10.2 Å². The van der Waals surface area contributed by atoms with Crippen molar-refractivity contribution in [2.45, 2.75) is 19.9 Å². The molecule has 1 atom stereocenters. The minimum Gasteiger partial charge on any atom is -0.341 e. The maximum atomic E-state index is 12.3. The van der Waals surface area contributed by atoms with Gasteiger partial charge in [-0.2, -0.15) is 0 Å². The van der Waals surface area contributed by atoms with E-state index in [9.17, 15) is 9.59 Å². The molecule has 0 spiro atoms. The van der Waals surface area contributed by atoms with Gasteiger partial charge in [0.1, 0.15) is 6.04 Å². The lowest BCUT2D eigenvalue weighted by Gasteiger charge is -2.11. The minimum absolute atomic E-state index is 0.303. The van der Waals surface area contributed by atoms with Gasteiger partial charge in [-0.1, -0.05) is 47.7 Å². The van der Waals surface area contributed by atoms with Gasteiger partial charge in [-0.3, -0.25) is 9.59 Å². The molecular weight excluding hydrogens is 346 g/mol. The fourth-order valence-electron chi connectivity index (χ4n) is 2.36. The van der Waals surface area contributed by atoms with Crippen LogP contribution in [0, 0.1) is 6.92 Å². The minimum atomic E-state index is -0.670. The summed E-state index contributed by atoms with van der Waals surface area (Å²) in [7, 11) is 0. The lowest BCUT2D eigenvalue weighted by atomic mass is 10.2. The second-order valence-corrected chi connectivity index (χ2v) is 6.98. The van der Waals surface area contributed by atoms with E-state index in [2.05, 4.69) is 15.6 Å². The van der Waals surface area contributed by atoms with Crippen LogP contribution in [0.2, 0.25) is 0 Å². The van der Waals surface area contributed by atoms with Gasteiger partial charge < -0.3 is 10.6 Å². The molecule has 0 saturated heterocycles. The summed E-state index contributed by atoms with van der Waals surface area (Å²) in [5, 5.41) is 5.94. The molecule has 0 aliphatic rings. The molecule has 0 radical (unpaired) electrons. The Morgan fingerprint density at radius 3 is 2.69 bits per heavy atom. The second-order valence-electron chi connectivity index (χ2n) is 5.95. The van der Waals surface area contributed by atoms with Crippen molar-refractivity contribution in [1.82, 2.24) is 10.3 Å². The van der Waals surface area contributed by atoms with Crippen molar-refractivity contribution >= 4 is 44.6 Å². The molecule has 3 aromatic rings. The highest BCUT2D eigenvalue weighted by molar-refractivity contribution is 7.22. The van der Waals surface area contributed by atoms with Gasteiger partial charge in [0.25, 0.3) is 0 Å². The summed E-state index contributed by atoms with van der Waals surface area (Å²) in [5.41, 5.74) is 2.91. The highest BCUT2D eigenvalue weighted by Crippen LogP contribution is 2.26. The second kappa shape index (κ2) is 7.93. The molecule has 132 valence electrons. The Hall–Kier alpha value is -2.99. The number of carbonyl (C=O) groups is 2. The zero-order valence-electron chi connectivity index (χ0n) is 14.5. The van der Waals surface area contributed by atoms with Gasteiger partial charge in [0, 0.05) is 6.08 Å². The molecule has 2 N–H and O–H groups in total. The smallest absolute Gasteiger partial charge is 0.248 e. The van der Waals surface area contributed by atoms with Crippen LogP contribution < -0.4 is 10.6 Å². The standard InChI is InChI=1S/C20H19N3O2S/c1-13-8-10-16-17(12-13)26-20(22-16)23-19(25)14(2)21-18(24)11-9-15-6-4-3-5-7-15/h3-12,14H,1-2H3,(H,21,24)(H,22,23,25). The first-order valence-corrected chi connectivity index (χ1v) is 9.04. The van der Waals surface area contributed by atoms with Crippen LogP contribution in [0.25, 0.3) is 16.3 Å². The first-order valence-electron chi connectivity index (χ1n) is 8.23. The predicted octanol–water partition coefficient (Wildman–Crippen LogP) is 3.76. The Morgan fingerprint density at radius 1 is 1.15 bits per heavy atom. The molecule has 2 amide bonds. The predicted molar refractivity (Wildman–Crippen MR) is 106 cm³/mol. The molecule has 6 heteroatoms. The maximum Gasteiger partial charge on any atom is 0.248 e. The molecule has 0 saturated carbocycles. The lowest BCUT2D eigenvalue weighted by Crippen LogP contribution is -2.40. The van der Waals surface area contributed by atoms with Crippen molar-refractivity contribution in [2.24, 2.45) is 0 Å². The third kappa shape index (κ3) is 4.55. The number of anilines is 1. The number of carbonyl (C=O) groups excluding carboxylic acids is 2. The Labute approximate surface area is 155 Å². The zero-order valence-corrected chi connectivity index (χ0v) is 15.3. The number of nitrogens with zero attached hydrogens (tertiary/aromatic N) is 1. The van der Waals surface area contributed by atoms with Crippen molar-refractivity contribution in [3.05, 3.63) is 65.7 Å². The van der Waals surface area contributed by atoms with Gasteiger partial charge >= 0.3 is 0 Å². The first kappa shape index (κ1) is 17.8. The van der Waals surface area contributed by atoms with Crippen molar-refractivity contribution in [2.75, 3.05) is 5.32 Å². The number of thiazole rings is 1. The highest BCUT2D eigenvalue weighted by atomic mass is 32.1. The number of hydrogen-bond acceptors (Lipinski definition) is 4. The van der Waals surface area contributed by atoms with Crippen LogP contribution in [0.3, 0.4) is 0 Å². The monoisotopic (exact) mass is 365 g/mol. The molecule has 1 unspecified atom stereocenters. The van der Waals surface area contributed by atoms with Crippen LogP contribution in [-0.2, 0) is 9.59 Å². The molecule has 0 aliphatic carbocycles. The number of amides is 2. The molecule has 2 aromatic carbocycles. The Morgan fingerprint density at radius 2 is 1.92 bits per heavy atom. The van der Waals surface area contributed by atoms with Crippen molar-refractivity contribution in [3.63, 3.8) is 0 Å². The average Bonchev–Trinajstić information content (AvgIpc) is 3.02. The Bertz CT molecular complexity index is 964. The highest BCUT2D eigenvalue weighted by Gasteiger charge is 2.16. The summed E-state index contributed by atoms with van der Waals surface area (Å²) in [6, 6.07) is 14.8. The number of hydrogen-bond donors (Lipinski definition) is 2. The van der Waals surface area contributed by atoms with Gasteiger partial charge in [0.2, 0.25) is 11.8 Å². The summed E-state index contributed by atoms with van der Waals surface area (Å²) in [6.07, 6.45) is 3.12. The largest absolute Gasteiger partial charge is 0.341 e.